The van der Waals surface area contributed by atoms with Crippen LogP contribution in [-0.4, -0.2) is 0 Å². The molecule has 0 bridgehead atoms. The highest BCUT2D eigenvalue weighted by atomic mass is 32.2. The zero-order valence-corrected chi connectivity index (χ0v) is 23.0. The van der Waals surface area contributed by atoms with Crippen LogP contribution in [0.4, 0.5) is 0 Å². The molecule has 0 aliphatic heterocycles. The smallest absolute Gasteiger partial charge is 0.166 e. The van der Waals surface area contributed by atoms with E-state index in [2.05, 4.69) is 170 Å². The third-order valence-corrected chi connectivity index (χ3v) is 10.7. The molecule has 3 heteroatoms. The Labute approximate surface area is 236 Å². The second kappa shape index (κ2) is 12.1. The van der Waals surface area contributed by atoms with Crippen molar-refractivity contribution in [1.82, 2.24) is 0 Å². The van der Waals surface area contributed by atoms with Gasteiger partial charge in [-0.15, -0.1) is 0 Å². The molecule has 0 saturated carbocycles. The van der Waals surface area contributed by atoms with Crippen LogP contribution in [-0.2, 0) is 21.8 Å². The summed E-state index contributed by atoms with van der Waals surface area (Å²) in [5.41, 5.74) is 0. The van der Waals surface area contributed by atoms with E-state index >= 15 is 0 Å². The van der Waals surface area contributed by atoms with Crippen molar-refractivity contribution in [1.29, 1.82) is 0 Å². The first-order valence-electron chi connectivity index (χ1n) is 12.9. The van der Waals surface area contributed by atoms with Crippen molar-refractivity contribution < 1.29 is 4.74 Å². The summed E-state index contributed by atoms with van der Waals surface area (Å²) in [7, 11) is -0.338. The molecule has 0 saturated heterocycles. The van der Waals surface area contributed by atoms with Crippen molar-refractivity contribution in [2.45, 2.75) is 29.4 Å². The molecular weight excluding hydrogens is 513 g/mol. The van der Waals surface area contributed by atoms with E-state index in [0.29, 0.717) is 0 Å². The average molecular weight is 541 g/mol. The first-order chi connectivity index (χ1) is 19.3. The van der Waals surface area contributed by atoms with E-state index in [1.54, 1.807) is 0 Å². The summed E-state index contributed by atoms with van der Waals surface area (Å²) in [5.74, 6) is 1.67. The zero-order chi connectivity index (χ0) is 26.3. The summed E-state index contributed by atoms with van der Waals surface area (Å²) in [5, 5.41) is 0. The lowest BCUT2D eigenvalue weighted by Gasteiger charge is -2.10. The third kappa shape index (κ3) is 5.96. The molecule has 0 N–H and O–H groups in total. The maximum absolute atomic E-state index is 6.28. The van der Waals surface area contributed by atoms with Crippen LogP contribution < -0.4 is 4.74 Å². The summed E-state index contributed by atoms with van der Waals surface area (Å²) in [6, 6.07) is 59.9. The SMILES string of the molecule is c1ccc([S+](c2ccccc2)c2ccc(Oc3ccc([S+](c4ccccc4)c4ccccc4)cc3)cc2)cc1. The number of benzene rings is 6. The topological polar surface area (TPSA) is 9.23 Å². The molecule has 0 aliphatic rings. The van der Waals surface area contributed by atoms with Crippen LogP contribution >= 0.6 is 0 Å². The Morgan fingerprint density at radius 3 is 0.744 bits per heavy atom. The van der Waals surface area contributed by atoms with Crippen molar-refractivity contribution in [2.75, 3.05) is 0 Å². The second-order valence-corrected chi connectivity index (χ2v) is 13.0. The quantitative estimate of drug-likeness (QED) is 0.175. The van der Waals surface area contributed by atoms with Gasteiger partial charge in [-0.1, -0.05) is 72.8 Å². The maximum atomic E-state index is 6.28. The van der Waals surface area contributed by atoms with E-state index in [4.69, 9.17) is 4.74 Å². The monoisotopic (exact) mass is 540 g/mol. The van der Waals surface area contributed by atoms with Gasteiger partial charge in [-0.3, -0.25) is 0 Å². The molecule has 0 aromatic heterocycles. The summed E-state index contributed by atoms with van der Waals surface area (Å²) < 4.78 is 6.28. The molecule has 0 aliphatic carbocycles. The van der Waals surface area contributed by atoms with Gasteiger partial charge in [0.25, 0.3) is 0 Å². The molecular formula is C36H28OS2+2. The van der Waals surface area contributed by atoms with Crippen molar-refractivity contribution in [3.05, 3.63) is 170 Å². The van der Waals surface area contributed by atoms with Crippen LogP contribution in [0.3, 0.4) is 0 Å². The molecule has 0 radical (unpaired) electrons. The molecule has 0 atom stereocenters. The number of rotatable bonds is 8. The fraction of sp³-hybridized carbons (Fsp3) is 0. The average Bonchev–Trinajstić information content (AvgIpc) is 3.01. The van der Waals surface area contributed by atoms with Gasteiger partial charge in [0.1, 0.15) is 11.5 Å². The van der Waals surface area contributed by atoms with Crippen LogP contribution in [0.1, 0.15) is 0 Å². The molecule has 6 aromatic carbocycles. The Morgan fingerprint density at radius 2 is 0.487 bits per heavy atom. The van der Waals surface area contributed by atoms with E-state index < -0.39 is 0 Å². The third-order valence-electron chi connectivity index (χ3n) is 6.27. The Morgan fingerprint density at radius 1 is 0.256 bits per heavy atom. The van der Waals surface area contributed by atoms with Gasteiger partial charge in [0.15, 0.2) is 29.4 Å². The van der Waals surface area contributed by atoms with Crippen LogP contribution in [0.25, 0.3) is 0 Å². The molecule has 0 amide bonds. The highest BCUT2D eigenvalue weighted by Gasteiger charge is 2.29. The van der Waals surface area contributed by atoms with Crippen molar-refractivity contribution in [3.8, 4) is 11.5 Å². The minimum absolute atomic E-state index is 0.169. The molecule has 0 heterocycles. The lowest BCUT2D eigenvalue weighted by molar-refractivity contribution is 0.482. The highest BCUT2D eigenvalue weighted by molar-refractivity contribution is 7.97. The van der Waals surface area contributed by atoms with Gasteiger partial charge in [-0.2, -0.15) is 0 Å². The molecule has 6 aromatic rings. The van der Waals surface area contributed by atoms with Gasteiger partial charge >= 0.3 is 0 Å². The van der Waals surface area contributed by atoms with E-state index in [-0.39, 0.29) is 21.8 Å². The number of hydrogen-bond donors (Lipinski definition) is 0. The number of ether oxygens (including phenoxy) is 1. The van der Waals surface area contributed by atoms with E-state index in [1.165, 1.54) is 29.4 Å². The predicted octanol–water partition coefficient (Wildman–Crippen LogP) is 9.67. The fourth-order valence-electron chi connectivity index (χ4n) is 4.47. The Balaban J connectivity index is 1.24. The molecule has 1 nitrogen and oxygen atoms in total. The standard InChI is InChI=1S/C36H28OS2/c1-5-13-31(14-6-1)38(32-15-7-2-8-16-32)35-25-21-29(22-26-35)37-30-23-27-36(28-24-30)39(33-17-9-3-10-18-33)34-19-11-4-12-20-34/h1-28H/q+2. The molecule has 39 heavy (non-hydrogen) atoms. The zero-order valence-electron chi connectivity index (χ0n) is 21.4. The first kappa shape index (κ1) is 25.1. The summed E-state index contributed by atoms with van der Waals surface area (Å²) in [4.78, 5) is 7.76. The van der Waals surface area contributed by atoms with Crippen LogP contribution in [0, 0.1) is 0 Å². The summed E-state index contributed by atoms with van der Waals surface area (Å²) >= 11 is 0. The van der Waals surface area contributed by atoms with Gasteiger partial charge in [-0.05, 0) is 97.1 Å². The van der Waals surface area contributed by atoms with Gasteiger partial charge < -0.3 is 4.74 Å². The summed E-state index contributed by atoms with van der Waals surface area (Å²) in [6.45, 7) is 0. The van der Waals surface area contributed by atoms with Crippen molar-refractivity contribution >= 4 is 21.8 Å². The first-order valence-corrected chi connectivity index (χ1v) is 15.4. The van der Waals surface area contributed by atoms with E-state index in [9.17, 15) is 0 Å². The minimum Gasteiger partial charge on any atom is -0.457 e. The normalized spacial score (nSPS) is 11.0. The number of hydrogen-bond acceptors (Lipinski definition) is 1. The molecule has 188 valence electrons. The molecule has 0 unspecified atom stereocenters. The minimum atomic E-state index is -0.169. The Bertz CT molecular complexity index is 1380. The second-order valence-electron chi connectivity index (χ2n) is 8.91. The predicted molar refractivity (Wildman–Crippen MR) is 163 cm³/mol. The maximum Gasteiger partial charge on any atom is 0.166 e. The van der Waals surface area contributed by atoms with E-state index in [1.807, 2.05) is 0 Å². The van der Waals surface area contributed by atoms with Gasteiger partial charge in [0, 0.05) is 0 Å². The van der Waals surface area contributed by atoms with Crippen molar-refractivity contribution in [2.24, 2.45) is 0 Å². The summed E-state index contributed by atoms with van der Waals surface area (Å²) in [6.07, 6.45) is 0. The van der Waals surface area contributed by atoms with Crippen LogP contribution in [0.2, 0.25) is 0 Å². The Kier molecular flexibility index (Phi) is 7.81. The molecule has 0 fully saturated rings. The molecule has 6 rings (SSSR count). The van der Waals surface area contributed by atoms with Crippen LogP contribution in [0.5, 0.6) is 11.5 Å². The van der Waals surface area contributed by atoms with Crippen LogP contribution in [0.15, 0.2) is 199 Å². The Hall–Kier alpha value is -4.18. The van der Waals surface area contributed by atoms with E-state index in [0.717, 1.165) is 11.5 Å². The van der Waals surface area contributed by atoms with Gasteiger partial charge in [0.05, 0.1) is 21.8 Å². The highest BCUT2D eigenvalue weighted by Crippen LogP contribution is 2.34. The fourth-order valence-corrected chi connectivity index (χ4v) is 8.63. The largest absolute Gasteiger partial charge is 0.457 e. The molecule has 0 spiro atoms. The van der Waals surface area contributed by atoms with Gasteiger partial charge in [-0.25, -0.2) is 0 Å². The van der Waals surface area contributed by atoms with Crippen molar-refractivity contribution in [3.63, 3.8) is 0 Å². The van der Waals surface area contributed by atoms with Gasteiger partial charge in [0.2, 0.25) is 0 Å². The lowest BCUT2D eigenvalue weighted by atomic mass is 10.3. The lowest BCUT2D eigenvalue weighted by Crippen LogP contribution is -2.04.